The van der Waals surface area contributed by atoms with Gasteiger partial charge in [0.05, 0.1) is 23.7 Å². The Kier molecular flexibility index (Phi) is 3.64. The fraction of sp³-hybridized carbons (Fsp3) is 0.500. The van der Waals surface area contributed by atoms with Crippen LogP contribution >= 0.6 is 0 Å². The molecular formula is C18H19NO5. The third kappa shape index (κ3) is 2.24. The van der Waals surface area contributed by atoms with Crippen LogP contribution in [0.5, 0.6) is 0 Å². The van der Waals surface area contributed by atoms with Gasteiger partial charge in [-0.15, -0.1) is 0 Å². The lowest BCUT2D eigenvalue weighted by Crippen LogP contribution is -2.45. The molecule has 1 aromatic carbocycles. The SMILES string of the molecule is O=C(ON1C(=O)c2ccccc2C1=O)C1CCOCC12CCCC2. The van der Waals surface area contributed by atoms with E-state index in [9.17, 15) is 14.4 Å². The second kappa shape index (κ2) is 5.70. The lowest BCUT2D eigenvalue weighted by atomic mass is 9.72. The van der Waals surface area contributed by atoms with Crippen LogP contribution in [0.4, 0.5) is 0 Å². The lowest BCUT2D eigenvalue weighted by Gasteiger charge is -2.39. The molecule has 1 saturated carbocycles. The van der Waals surface area contributed by atoms with Gasteiger partial charge in [-0.05, 0) is 31.4 Å². The minimum atomic E-state index is -0.573. The topological polar surface area (TPSA) is 72.9 Å². The number of amides is 2. The quantitative estimate of drug-likeness (QED) is 0.779. The first kappa shape index (κ1) is 15.3. The molecule has 2 aliphatic heterocycles. The van der Waals surface area contributed by atoms with E-state index in [1.807, 2.05) is 0 Å². The molecule has 6 heteroatoms. The zero-order valence-electron chi connectivity index (χ0n) is 13.3. The second-order valence-electron chi connectivity index (χ2n) is 6.82. The molecule has 24 heavy (non-hydrogen) atoms. The van der Waals surface area contributed by atoms with Crippen molar-refractivity contribution in [3.8, 4) is 0 Å². The van der Waals surface area contributed by atoms with E-state index < -0.39 is 17.8 Å². The molecule has 2 fully saturated rings. The van der Waals surface area contributed by atoms with Crippen molar-refractivity contribution in [1.82, 2.24) is 5.06 Å². The number of benzene rings is 1. The number of rotatable bonds is 2. The van der Waals surface area contributed by atoms with E-state index in [2.05, 4.69) is 0 Å². The highest BCUT2D eigenvalue weighted by Gasteiger charge is 2.49. The largest absolute Gasteiger partial charge is 0.381 e. The molecule has 6 nitrogen and oxygen atoms in total. The van der Waals surface area contributed by atoms with E-state index in [0.717, 1.165) is 25.7 Å². The highest BCUT2D eigenvalue weighted by atomic mass is 16.7. The van der Waals surface area contributed by atoms with E-state index in [-0.39, 0.29) is 22.5 Å². The van der Waals surface area contributed by atoms with Gasteiger partial charge in [0, 0.05) is 12.0 Å². The highest BCUT2D eigenvalue weighted by Crippen LogP contribution is 2.48. The van der Waals surface area contributed by atoms with Crippen LogP contribution in [0.15, 0.2) is 24.3 Å². The predicted molar refractivity (Wildman–Crippen MR) is 82.9 cm³/mol. The zero-order chi connectivity index (χ0) is 16.7. The molecule has 2 amide bonds. The number of nitrogens with zero attached hydrogens (tertiary/aromatic N) is 1. The molecule has 0 N–H and O–H groups in total. The maximum Gasteiger partial charge on any atom is 0.337 e. The van der Waals surface area contributed by atoms with Crippen molar-refractivity contribution >= 4 is 17.8 Å². The number of imide groups is 1. The Labute approximate surface area is 139 Å². The van der Waals surface area contributed by atoms with Gasteiger partial charge in [-0.1, -0.05) is 30.0 Å². The lowest BCUT2D eigenvalue weighted by molar-refractivity contribution is -0.186. The number of fused-ring (bicyclic) bond motifs is 1. The Bertz CT molecular complexity index is 672. The van der Waals surface area contributed by atoms with Crippen molar-refractivity contribution in [3.05, 3.63) is 35.4 Å². The number of ether oxygens (including phenoxy) is 1. The van der Waals surface area contributed by atoms with Gasteiger partial charge in [-0.3, -0.25) is 9.59 Å². The van der Waals surface area contributed by atoms with Crippen LogP contribution in [0.1, 0.15) is 52.8 Å². The smallest absolute Gasteiger partial charge is 0.337 e. The fourth-order valence-corrected chi connectivity index (χ4v) is 4.23. The summed E-state index contributed by atoms with van der Waals surface area (Å²) < 4.78 is 5.60. The first-order chi connectivity index (χ1) is 11.6. The average Bonchev–Trinajstić information content (AvgIpc) is 3.15. The summed E-state index contributed by atoms with van der Waals surface area (Å²) >= 11 is 0. The standard InChI is InChI=1S/C18H19NO5/c20-15-12-5-1-2-6-13(12)16(21)19(15)24-17(22)14-7-10-23-11-18(14)8-3-4-9-18/h1-2,5-6,14H,3-4,7-11H2. The maximum atomic E-state index is 12.7. The van der Waals surface area contributed by atoms with Gasteiger partial charge in [-0.2, -0.15) is 0 Å². The van der Waals surface area contributed by atoms with Gasteiger partial charge in [0.2, 0.25) is 0 Å². The van der Waals surface area contributed by atoms with Crippen LogP contribution in [0.25, 0.3) is 0 Å². The zero-order valence-corrected chi connectivity index (χ0v) is 13.3. The summed E-state index contributed by atoms with van der Waals surface area (Å²) in [6, 6.07) is 6.50. The van der Waals surface area contributed by atoms with Crippen molar-refractivity contribution in [1.29, 1.82) is 0 Å². The minimum absolute atomic E-state index is 0.200. The van der Waals surface area contributed by atoms with E-state index in [1.54, 1.807) is 24.3 Å². The molecule has 3 aliphatic rings. The Hall–Kier alpha value is -2.21. The number of carbonyl (C=O) groups is 3. The first-order valence-corrected chi connectivity index (χ1v) is 8.40. The Morgan fingerprint density at radius 1 is 1.12 bits per heavy atom. The number of carbonyl (C=O) groups excluding carboxylic acids is 3. The van der Waals surface area contributed by atoms with Crippen molar-refractivity contribution in [2.24, 2.45) is 11.3 Å². The van der Waals surface area contributed by atoms with Crippen LogP contribution < -0.4 is 0 Å². The van der Waals surface area contributed by atoms with Crippen LogP contribution in [-0.2, 0) is 14.4 Å². The third-order valence-electron chi connectivity index (χ3n) is 5.50. The molecular weight excluding hydrogens is 310 g/mol. The van der Waals surface area contributed by atoms with Crippen molar-refractivity contribution in [2.45, 2.75) is 32.1 Å². The summed E-state index contributed by atoms with van der Waals surface area (Å²) in [4.78, 5) is 42.7. The molecule has 1 atom stereocenters. The monoisotopic (exact) mass is 329 g/mol. The number of hydroxylamine groups is 2. The Balaban J connectivity index is 1.54. The van der Waals surface area contributed by atoms with E-state index in [1.165, 1.54) is 0 Å². The minimum Gasteiger partial charge on any atom is -0.381 e. The van der Waals surface area contributed by atoms with Crippen LogP contribution in [0.2, 0.25) is 0 Å². The molecule has 126 valence electrons. The molecule has 0 aromatic heterocycles. The summed E-state index contributed by atoms with van der Waals surface area (Å²) in [5.74, 6) is -1.96. The van der Waals surface area contributed by atoms with Gasteiger partial charge in [0.15, 0.2) is 0 Å². The maximum absolute atomic E-state index is 12.7. The summed E-state index contributed by atoms with van der Waals surface area (Å²) in [5, 5.41) is 0.616. The van der Waals surface area contributed by atoms with Crippen LogP contribution in [-0.4, -0.2) is 36.1 Å². The molecule has 1 aliphatic carbocycles. The number of hydrogen-bond donors (Lipinski definition) is 0. The summed E-state index contributed by atoms with van der Waals surface area (Å²) in [7, 11) is 0. The Morgan fingerprint density at radius 3 is 2.38 bits per heavy atom. The molecule has 4 rings (SSSR count). The fourth-order valence-electron chi connectivity index (χ4n) is 4.23. The Morgan fingerprint density at radius 2 is 1.75 bits per heavy atom. The molecule has 0 radical (unpaired) electrons. The third-order valence-corrected chi connectivity index (χ3v) is 5.50. The normalized spacial score (nSPS) is 25.2. The highest BCUT2D eigenvalue weighted by molar-refractivity contribution is 6.20. The van der Waals surface area contributed by atoms with Crippen molar-refractivity contribution < 1.29 is 24.0 Å². The van der Waals surface area contributed by atoms with E-state index in [4.69, 9.17) is 9.57 Å². The van der Waals surface area contributed by atoms with Gasteiger partial charge in [0.25, 0.3) is 11.8 Å². The summed E-state index contributed by atoms with van der Waals surface area (Å²) in [5.41, 5.74) is 0.351. The van der Waals surface area contributed by atoms with Crippen molar-refractivity contribution in [3.63, 3.8) is 0 Å². The second-order valence-corrected chi connectivity index (χ2v) is 6.82. The van der Waals surface area contributed by atoms with E-state index in [0.29, 0.717) is 24.7 Å². The van der Waals surface area contributed by atoms with Crippen molar-refractivity contribution in [2.75, 3.05) is 13.2 Å². The predicted octanol–water partition coefficient (Wildman–Crippen LogP) is 2.34. The van der Waals surface area contributed by atoms with Gasteiger partial charge < -0.3 is 9.57 Å². The number of hydrogen-bond acceptors (Lipinski definition) is 5. The van der Waals surface area contributed by atoms with Gasteiger partial charge in [0.1, 0.15) is 0 Å². The molecule has 1 saturated heterocycles. The molecule has 1 aromatic rings. The van der Waals surface area contributed by atoms with E-state index >= 15 is 0 Å². The van der Waals surface area contributed by atoms with Gasteiger partial charge in [-0.25, -0.2) is 4.79 Å². The van der Waals surface area contributed by atoms with Gasteiger partial charge >= 0.3 is 5.97 Å². The first-order valence-electron chi connectivity index (χ1n) is 8.40. The summed E-state index contributed by atoms with van der Waals surface area (Å²) in [6.07, 6.45) is 4.56. The average molecular weight is 329 g/mol. The van der Waals surface area contributed by atoms with Crippen LogP contribution in [0.3, 0.4) is 0 Å². The van der Waals surface area contributed by atoms with Crippen LogP contribution in [0, 0.1) is 11.3 Å². The molecule has 1 spiro atoms. The summed E-state index contributed by atoms with van der Waals surface area (Å²) in [6.45, 7) is 1.05. The molecule has 2 heterocycles. The molecule has 1 unspecified atom stereocenters. The molecule has 0 bridgehead atoms.